The Hall–Kier alpha value is -3.52. The Kier molecular flexibility index (Phi) is 3.33. The van der Waals surface area contributed by atoms with Crippen LogP contribution in [0.2, 0.25) is 0 Å². The molecule has 0 fully saturated rings. The lowest BCUT2D eigenvalue weighted by atomic mass is 9.94. The van der Waals surface area contributed by atoms with E-state index in [0.717, 1.165) is 12.8 Å². The fraction of sp³-hybridized carbons (Fsp3) is 0.0769. The van der Waals surface area contributed by atoms with Crippen molar-refractivity contribution in [1.29, 1.82) is 0 Å². The number of fused-ring (bicyclic) bond motifs is 7. The number of nitrogens with zero attached hydrogens (tertiary/aromatic N) is 1. The first-order valence-corrected chi connectivity index (χ1v) is 9.87. The maximum Gasteiger partial charge on any atom is 0.0564 e. The maximum absolute atomic E-state index is 3.79. The topological polar surface area (TPSA) is 19.0 Å². The van der Waals surface area contributed by atoms with Gasteiger partial charge in [0.25, 0.3) is 0 Å². The quantitative estimate of drug-likeness (QED) is 0.338. The number of aromatic amines is 1. The van der Waals surface area contributed by atoms with Crippen LogP contribution in [0.4, 0.5) is 17.1 Å². The van der Waals surface area contributed by atoms with Crippen molar-refractivity contribution in [1.82, 2.24) is 4.98 Å². The molecule has 0 atom stereocenters. The summed E-state index contributed by atoms with van der Waals surface area (Å²) in [5.74, 6) is 0. The number of allylic oxidation sites excluding steroid dienone is 1. The fourth-order valence-electron chi connectivity index (χ4n) is 4.60. The van der Waals surface area contributed by atoms with Crippen LogP contribution in [0.15, 0.2) is 84.9 Å². The van der Waals surface area contributed by atoms with Crippen molar-refractivity contribution in [3.63, 3.8) is 0 Å². The second kappa shape index (κ2) is 6.00. The average molecular weight is 360 g/mol. The predicted molar refractivity (Wildman–Crippen MR) is 117 cm³/mol. The van der Waals surface area contributed by atoms with Crippen molar-refractivity contribution >= 4 is 23.1 Å². The summed E-state index contributed by atoms with van der Waals surface area (Å²) < 4.78 is 0. The van der Waals surface area contributed by atoms with Crippen molar-refractivity contribution in [3.05, 3.63) is 96.2 Å². The molecule has 1 aliphatic heterocycles. The second-order valence-corrected chi connectivity index (χ2v) is 7.41. The highest BCUT2D eigenvalue weighted by atomic mass is 15.2. The Morgan fingerprint density at radius 1 is 0.714 bits per heavy atom. The molecule has 1 aromatic heterocycles. The first-order chi connectivity index (χ1) is 13.9. The summed E-state index contributed by atoms with van der Waals surface area (Å²) in [5, 5.41) is 0. The number of para-hydroxylation sites is 3. The van der Waals surface area contributed by atoms with Gasteiger partial charge in [-0.15, -0.1) is 0 Å². The number of H-pyrrole nitrogens is 1. The SMILES string of the molecule is C1=Cc2c([nH]c3c2-c2ccccc2N(c2ccccc2)c2ccccc2-3)CC1. The molecule has 0 spiro atoms. The Morgan fingerprint density at radius 2 is 1.39 bits per heavy atom. The minimum atomic E-state index is 1.07. The molecule has 0 bridgehead atoms. The van der Waals surface area contributed by atoms with Crippen LogP contribution in [0.3, 0.4) is 0 Å². The Labute approximate surface area is 164 Å². The largest absolute Gasteiger partial charge is 0.357 e. The molecule has 2 aliphatic rings. The van der Waals surface area contributed by atoms with E-state index in [2.05, 4.69) is 101 Å². The molecule has 2 heterocycles. The molecule has 1 N–H and O–H groups in total. The van der Waals surface area contributed by atoms with Gasteiger partial charge in [-0.3, -0.25) is 0 Å². The van der Waals surface area contributed by atoms with Gasteiger partial charge in [0.1, 0.15) is 0 Å². The van der Waals surface area contributed by atoms with E-state index < -0.39 is 0 Å². The molecule has 2 nitrogen and oxygen atoms in total. The number of hydrogen-bond acceptors (Lipinski definition) is 1. The molecule has 0 saturated heterocycles. The summed E-state index contributed by atoms with van der Waals surface area (Å²) >= 11 is 0. The van der Waals surface area contributed by atoms with Crippen LogP contribution >= 0.6 is 0 Å². The monoisotopic (exact) mass is 360 g/mol. The van der Waals surface area contributed by atoms with E-state index in [-0.39, 0.29) is 0 Å². The maximum atomic E-state index is 3.79. The average Bonchev–Trinajstić information content (AvgIpc) is 3.09. The lowest BCUT2D eigenvalue weighted by Gasteiger charge is -2.27. The van der Waals surface area contributed by atoms with E-state index in [1.807, 2.05) is 0 Å². The van der Waals surface area contributed by atoms with Crippen LogP contribution < -0.4 is 4.90 Å². The van der Waals surface area contributed by atoms with Crippen molar-refractivity contribution in [2.75, 3.05) is 4.90 Å². The van der Waals surface area contributed by atoms with E-state index in [1.54, 1.807) is 0 Å². The summed E-state index contributed by atoms with van der Waals surface area (Å²) in [6.07, 6.45) is 6.77. The molecule has 2 heteroatoms. The fourth-order valence-corrected chi connectivity index (χ4v) is 4.60. The first-order valence-electron chi connectivity index (χ1n) is 9.87. The van der Waals surface area contributed by atoms with Crippen LogP contribution in [0.1, 0.15) is 17.7 Å². The van der Waals surface area contributed by atoms with Gasteiger partial charge in [0.2, 0.25) is 0 Å². The summed E-state index contributed by atoms with van der Waals surface area (Å²) in [5.41, 5.74) is 11.4. The lowest BCUT2D eigenvalue weighted by Crippen LogP contribution is -2.10. The van der Waals surface area contributed by atoms with E-state index >= 15 is 0 Å². The number of benzene rings is 3. The van der Waals surface area contributed by atoms with Crippen molar-refractivity contribution in [3.8, 4) is 22.4 Å². The molecule has 0 saturated carbocycles. The lowest BCUT2D eigenvalue weighted by molar-refractivity contribution is 0.946. The van der Waals surface area contributed by atoms with Gasteiger partial charge in [-0.2, -0.15) is 0 Å². The highest BCUT2D eigenvalue weighted by Crippen LogP contribution is 2.52. The molecule has 0 radical (unpaired) electrons. The zero-order chi connectivity index (χ0) is 18.5. The Bertz CT molecular complexity index is 1210. The third kappa shape index (κ3) is 2.15. The Balaban J connectivity index is 1.75. The molecule has 134 valence electrons. The smallest absolute Gasteiger partial charge is 0.0564 e. The second-order valence-electron chi connectivity index (χ2n) is 7.41. The van der Waals surface area contributed by atoms with E-state index in [9.17, 15) is 0 Å². The minimum Gasteiger partial charge on any atom is -0.357 e. The summed E-state index contributed by atoms with van der Waals surface area (Å²) in [6, 6.07) is 28.2. The van der Waals surface area contributed by atoms with Crippen LogP contribution in [0.25, 0.3) is 28.5 Å². The standard InChI is InChI=1S/C26H20N2/c1-2-10-18(11-3-1)28-23-16-8-5-13-20(23)25-19-12-4-7-15-22(19)27-26(25)21-14-6-9-17-24(21)28/h1-6,8-14,16-17,27H,7,15H2. The number of rotatable bonds is 1. The van der Waals surface area contributed by atoms with Crippen LogP contribution in [-0.2, 0) is 6.42 Å². The van der Waals surface area contributed by atoms with Gasteiger partial charge >= 0.3 is 0 Å². The van der Waals surface area contributed by atoms with Crippen molar-refractivity contribution in [2.45, 2.75) is 12.8 Å². The van der Waals surface area contributed by atoms with E-state index in [0.29, 0.717) is 0 Å². The van der Waals surface area contributed by atoms with Crippen LogP contribution in [0, 0.1) is 0 Å². The van der Waals surface area contributed by atoms with Gasteiger partial charge in [0.05, 0.1) is 17.1 Å². The summed E-state index contributed by atoms with van der Waals surface area (Å²) in [6.45, 7) is 0. The van der Waals surface area contributed by atoms with Crippen molar-refractivity contribution < 1.29 is 0 Å². The van der Waals surface area contributed by atoms with Gasteiger partial charge in [-0.25, -0.2) is 0 Å². The molecule has 1 aliphatic carbocycles. The Morgan fingerprint density at radius 3 is 2.21 bits per heavy atom. The summed E-state index contributed by atoms with van der Waals surface area (Å²) in [7, 11) is 0. The van der Waals surface area contributed by atoms with Crippen LogP contribution in [-0.4, -0.2) is 4.98 Å². The van der Waals surface area contributed by atoms with Gasteiger partial charge in [-0.1, -0.05) is 66.7 Å². The zero-order valence-electron chi connectivity index (χ0n) is 15.5. The van der Waals surface area contributed by atoms with E-state index in [1.165, 1.54) is 50.7 Å². The summed E-state index contributed by atoms with van der Waals surface area (Å²) in [4.78, 5) is 6.17. The number of aromatic nitrogens is 1. The molecule has 6 rings (SSSR count). The number of aryl methyl sites for hydroxylation is 1. The molecule has 0 unspecified atom stereocenters. The van der Waals surface area contributed by atoms with Gasteiger partial charge in [0.15, 0.2) is 0 Å². The molecule has 0 amide bonds. The highest BCUT2D eigenvalue weighted by molar-refractivity contribution is 6.04. The zero-order valence-corrected chi connectivity index (χ0v) is 15.5. The minimum absolute atomic E-state index is 1.07. The third-order valence-corrected chi connectivity index (χ3v) is 5.81. The van der Waals surface area contributed by atoms with Gasteiger partial charge in [0, 0.05) is 33.6 Å². The normalized spacial score (nSPS) is 13.9. The molecular formula is C26H20N2. The highest BCUT2D eigenvalue weighted by Gasteiger charge is 2.29. The van der Waals surface area contributed by atoms with Gasteiger partial charge in [-0.05, 0) is 37.1 Å². The molecule has 28 heavy (non-hydrogen) atoms. The number of hydrogen-bond donors (Lipinski definition) is 1. The first kappa shape index (κ1) is 15.5. The van der Waals surface area contributed by atoms with E-state index in [4.69, 9.17) is 0 Å². The van der Waals surface area contributed by atoms with Crippen molar-refractivity contribution in [2.24, 2.45) is 0 Å². The van der Waals surface area contributed by atoms with Gasteiger partial charge < -0.3 is 9.88 Å². The molecule has 3 aromatic carbocycles. The third-order valence-electron chi connectivity index (χ3n) is 5.81. The van der Waals surface area contributed by atoms with Crippen LogP contribution in [0.5, 0.6) is 0 Å². The molecule has 4 aromatic rings. The number of anilines is 3. The molecular weight excluding hydrogens is 340 g/mol. The predicted octanol–water partition coefficient (Wildman–Crippen LogP) is 7.09. The number of nitrogens with one attached hydrogen (secondary N) is 1.